The fourth-order valence-electron chi connectivity index (χ4n) is 3.13. The molecule has 0 radical (unpaired) electrons. The number of aromatic nitrogens is 2. The van der Waals surface area contributed by atoms with Gasteiger partial charge in [0.05, 0.1) is 17.5 Å². The van der Waals surface area contributed by atoms with Crippen LogP contribution in [0.25, 0.3) is 0 Å². The Labute approximate surface area is 142 Å². The third-order valence-corrected chi connectivity index (χ3v) is 5.57. The molecule has 1 saturated heterocycles. The summed E-state index contributed by atoms with van der Waals surface area (Å²) in [6, 6.07) is 6.69. The number of sulfone groups is 1. The molecule has 1 aromatic heterocycles. The number of hydrogen-bond donors (Lipinski definition) is 0. The van der Waals surface area contributed by atoms with E-state index >= 15 is 0 Å². The Morgan fingerprint density at radius 2 is 2.17 bits per heavy atom. The first-order chi connectivity index (χ1) is 11.4. The van der Waals surface area contributed by atoms with E-state index in [-0.39, 0.29) is 16.8 Å². The monoisotopic (exact) mass is 347 g/mol. The lowest BCUT2D eigenvalue weighted by molar-refractivity contribution is 0.0720. The van der Waals surface area contributed by atoms with Crippen molar-refractivity contribution in [1.29, 1.82) is 0 Å². The second kappa shape index (κ2) is 6.39. The SMILES string of the molecule is Cc1ccc(S(C)(=O)=O)cc1C(=O)N1CCCC1Cn1cccn1. The lowest BCUT2D eigenvalue weighted by atomic mass is 10.1. The van der Waals surface area contributed by atoms with Crippen LogP contribution in [-0.4, -0.2) is 47.8 Å². The summed E-state index contributed by atoms with van der Waals surface area (Å²) < 4.78 is 25.4. The second-order valence-corrected chi connectivity index (χ2v) is 8.29. The average Bonchev–Trinajstić information content (AvgIpc) is 3.18. The van der Waals surface area contributed by atoms with Crippen molar-refractivity contribution in [3.63, 3.8) is 0 Å². The normalized spacial score (nSPS) is 18.1. The molecule has 7 heteroatoms. The highest BCUT2D eigenvalue weighted by molar-refractivity contribution is 7.90. The molecule has 6 nitrogen and oxygen atoms in total. The minimum Gasteiger partial charge on any atom is -0.334 e. The molecule has 0 saturated carbocycles. The molecule has 128 valence electrons. The van der Waals surface area contributed by atoms with E-state index in [2.05, 4.69) is 5.10 Å². The smallest absolute Gasteiger partial charge is 0.254 e. The van der Waals surface area contributed by atoms with Gasteiger partial charge in [-0.05, 0) is 43.5 Å². The van der Waals surface area contributed by atoms with Crippen molar-refractivity contribution in [3.8, 4) is 0 Å². The van der Waals surface area contributed by atoms with E-state index in [9.17, 15) is 13.2 Å². The molecule has 1 atom stereocenters. The van der Waals surface area contributed by atoms with Gasteiger partial charge in [0.25, 0.3) is 5.91 Å². The molecule has 0 bridgehead atoms. The number of nitrogens with zero attached hydrogens (tertiary/aromatic N) is 3. The van der Waals surface area contributed by atoms with Crippen molar-refractivity contribution >= 4 is 15.7 Å². The molecule has 24 heavy (non-hydrogen) atoms. The number of carbonyl (C=O) groups excluding carboxylic acids is 1. The molecule has 1 aromatic carbocycles. The fraction of sp³-hybridized carbons (Fsp3) is 0.412. The molecule has 2 aromatic rings. The first-order valence-electron chi connectivity index (χ1n) is 7.95. The van der Waals surface area contributed by atoms with Crippen LogP contribution in [0.5, 0.6) is 0 Å². The highest BCUT2D eigenvalue weighted by atomic mass is 32.2. The topological polar surface area (TPSA) is 72.3 Å². The van der Waals surface area contributed by atoms with Gasteiger partial charge in [-0.1, -0.05) is 6.07 Å². The van der Waals surface area contributed by atoms with E-state index in [1.54, 1.807) is 18.3 Å². The standard InChI is InChI=1S/C17H21N3O3S/c1-13-6-7-15(24(2,22)23)11-16(13)17(21)20-10-3-5-14(20)12-19-9-4-8-18-19/h4,6-9,11,14H,3,5,10,12H2,1-2H3. The highest BCUT2D eigenvalue weighted by Crippen LogP contribution is 2.24. The Morgan fingerprint density at radius 3 is 2.83 bits per heavy atom. The maximum atomic E-state index is 13.0. The van der Waals surface area contributed by atoms with Gasteiger partial charge in [-0.15, -0.1) is 0 Å². The van der Waals surface area contributed by atoms with Crippen LogP contribution in [0, 0.1) is 6.92 Å². The minimum absolute atomic E-state index is 0.0821. The summed E-state index contributed by atoms with van der Waals surface area (Å²) in [7, 11) is -3.34. The van der Waals surface area contributed by atoms with Gasteiger partial charge in [-0.25, -0.2) is 8.42 Å². The zero-order chi connectivity index (χ0) is 17.3. The summed E-state index contributed by atoms with van der Waals surface area (Å²) in [4.78, 5) is 15.0. The maximum Gasteiger partial charge on any atom is 0.254 e. The summed E-state index contributed by atoms with van der Waals surface area (Å²) in [6.45, 7) is 3.18. The third-order valence-electron chi connectivity index (χ3n) is 4.46. The minimum atomic E-state index is -3.34. The van der Waals surface area contributed by atoms with Crippen LogP contribution in [0.15, 0.2) is 41.6 Å². The Bertz CT molecular complexity index is 844. The lowest BCUT2D eigenvalue weighted by Gasteiger charge is -2.25. The first kappa shape index (κ1) is 16.7. The third kappa shape index (κ3) is 3.36. The molecule has 0 aliphatic carbocycles. The molecular formula is C17H21N3O3S. The van der Waals surface area contributed by atoms with Crippen molar-refractivity contribution in [2.75, 3.05) is 12.8 Å². The Kier molecular flexibility index (Phi) is 4.45. The summed E-state index contributed by atoms with van der Waals surface area (Å²) in [5, 5.41) is 4.21. The molecule has 1 fully saturated rings. The molecule has 0 spiro atoms. The van der Waals surface area contributed by atoms with E-state index in [0.29, 0.717) is 18.7 Å². The van der Waals surface area contributed by atoms with Gasteiger partial charge in [0.2, 0.25) is 0 Å². The van der Waals surface area contributed by atoms with E-state index in [4.69, 9.17) is 0 Å². The van der Waals surface area contributed by atoms with Crippen LogP contribution in [0.1, 0.15) is 28.8 Å². The molecular weight excluding hydrogens is 326 g/mol. The van der Waals surface area contributed by atoms with Gasteiger partial charge in [-0.3, -0.25) is 9.48 Å². The largest absolute Gasteiger partial charge is 0.334 e. The highest BCUT2D eigenvalue weighted by Gasteiger charge is 2.30. The van der Waals surface area contributed by atoms with Crippen molar-refractivity contribution < 1.29 is 13.2 Å². The molecule has 1 amide bonds. The van der Waals surface area contributed by atoms with Gasteiger partial charge in [-0.2, -0.15) is 5.10 Å². The van der Waals surface area contributed by atoms with Gasteiger partial charge in [0.1, 0.15) is 0 Å². The number of amides is 1. The van der Waals surface area contributed by atoms with E-state index < -0.39 is 9.84 Å². The van der Waals surface area contributed by atoms with Crippen molar-refractivity contribution in [2.24, 2.45) is 0 Å². The van der Waals surface area contributed by atoms with Crippen molar-refractivity contribution in [2.45, 2.75) is 37.2 Å². The molecule has 3 rings (SSSR count). The predicted molar refractivity (Wildman–Crippen MR) is 90.6 cm³/mol. The lowest BCUT2D eigenvalue weighted by Crippen LogP contribution is -2.38. The van der Waals surface area contributed by atoms with E-state index in [1.807, 2.05) is 28.8 Å². The Morgan fingerprint density at radius 1 is 1.38 bits per heavy atom. The zero-order valence-electron chi connectivity index (χ0n) is 13.8. The number of carbonyl (C=O) groups is 1. The maximum absolute atomic E-state index is 13.0. The first-order valence-corrected chi connectivity index (χ1v) is 9.84. The van der Waals surface area contributed by atoms with Crippen LogP contribution in [0.3, 0.4) is 0 Å². The summed E-state index contributed by atoms with van der Waals surface area (Å²) in [5.74, 6) is -0.104. The molecule has 2 heterocycles. The number of likely N-dealkylation sites (tertiary alicyclic amines) is 1. The number of rotatable bonds is 4. The van der Waals surface area contributed by atoms with Crippen LogP contribution in [0.2, 0.25) is 0 Å². The summed E-state index contributed by atoms with van der Waals surface area (Å²) in [6.07, 6.45) is 6.64. The molecule has 1 aliphatic heterocycles. The van der Waals surface area contributed by atoms with Gasteiger partial charge >= 0.3 is 0 Å². The van der Waals surface area contributed by atoms with E-state index in [0.717, 1.165) is 24.7 Å². The van der Waals surface area contributed by atoms with Gasteiger partial charge in [0, 0.05) is 30.8 Å². The Hall–Kier alpha value is -2.15. The molecule has 1 aliphatic rings. The predicted octanol–water partition coefficient (Wildman–Crippen LogP) is 1.90. The number of hydrogen-bond acceptors (Lipinski definition) is 4. The van der Waals surface area contributed by atoms with Crippen LogP contribution >= 0.6 is 0 Å². The van der Waals surface area contributed by atoms with Crippen LogP contribution < -0.4 is 0 Å². The Balaban J connectivity index is 1.87. The van der Waals surface area contributed by atoms with Crippen LogP contribution in [0.4, 0.5) is 0 Å². The van der Waals surface area contributed by atoms with E-state index in [1.165, 1.54) is 6.07 Å². The quantitative estimate of drug-likeness (QED) is 0.847. The molecule has 1 unspecified atom stereocenters. The average molecular weight is 347 g/mol. The summed E-state index contributed by atoms with van der Waals surface area (Å²) in [5.41, 5.74) is 1.25. The summed E-state index contributed by atoms with van der Waals surface area (Å²) >= 11 is 0. The number of benzene rings is 1. The second-order valence-electron chi connectivity index (χ2n) is 6.27. The fourth-order valence-corrected chi connectivity index (χ4v) is 3.78. The zero-order valence-corrected chi connectivity index (χ0v) is 14.7. The van der Waals surface area contributed by atoms with Crippen molar-refractivity contribution in [3.05, 3.63) is 47.8 Å². The number of aryl methyl sites for hydroxylation is 1. The molecule has 0 N–H and O–H groups in total. The van der Waals surface area contributed by atoms with Gasteiger partial charge in [0.15, 0.2) is 9.84 Å². The van der Waals surface area contributed by atoms with Gasteiger partial charge < -0.3 is 4.90 Å². The van der Waals surface area contributed by atoms with Crippen molar-refractivity contribution in [1.82, 2.24) is 14.7 Å². The van der Waals surface area contributed by atoms with Crippen LogP contribution in [-0.2, 0) is 16.4 Å².